The molecule has 1 aromatic heterocycles. The van der Waals surface area contributed by atoms with Crippen molar-refractivity contribution in [2.45, 2.75) is 31.7 Å². The second-order valence-electron chi connectivity index (χ2n) is 6.91. The van der Waals surface area contributed by atoms with Crippen LogP contribution in [0.1, 0.15) is 25.2 Å². The summed E-state index contributed by atoms with van der Waals surface area (Å²) >= 11 is 1.47. The molecule has 29 heavy (non-hydrogen) atoms. The van der Waals surface area contributed by atoms with Crippen molar-refractivity contribution >= 4 is 32.5 Å². The molecular formula is C19H28N6O2S2. The number of aliphatic imine (C=N–C) groups is 1. The third kappa shape index (κ3) is 5.66. The summed E-state index contributed by atoms with van der Waals surface area (Å²) in [7, 11) is -3.17. The number of sulfone groups is 1. The summed E-state index contributed by atoms with van der Waals surface area (Å²) in [6.45, 7) is 8.90. The molecule has 0 aliphatic carbocycles. The highest BCUT2D eigenvalue weighted by Gasteiger charge is 2.22. The molecule has 3 rings (SSSR count). The highest BCUT2D eigenvalue weighted by atomic mass is 32.2. The van der Waals surface area contributed by atoms with E-state index in [0.29, 0.717) is 11.4 Å². The summed E-state index contributed by atoms with van der Waals surface area (Å²) in [6.07, 6.45) is 2.08. The molecular weight excluding hydrogens is 408 g/mol. The van der Waals surface area contributed by atoms with Crippen LogP contribution in [0, 0.1) is 0 Å². The topological polar surface area (TPSA) is 90.8 Å². The first-order valence-electron chi connectivity index (χ1n) is 9.80. The Morgan fingerprint density at radius 2 is 1.86 bits per heavy atom. The predicted octanol–water partition coefficient (Wildman–Crippen LogP) is 1.79. The van der Waals surface area contributed by atoms with Crippen molar-refractivity contribution in [3.05, 3.63) is 35.7 Å². The van der Waals surface area contributed by atoms with Gasteiger partial charge in [0, 0.05) is 56.9 Å². The van der Waals surface area contributed by atoms with Crippen LogP contribution in [0.3, 0.4) is 0 Å². The number of guanidine groups is 1. The minimum absolute atomic E-state index is 0.330. The Balaban J connectivity index is 1.62. The van der Waals surface area contributed by atoms with Crippen molar-refractivity contribution in [3.8, 4) is 0 Å². The van der Waals surface area contributed by atoms with Crippen molar-refractivity contribution in [1.82, 2.24) is 19.6 Å². The van der Waals surface area contributed by atoms with Crippen molar-refractivity contribution in [3.63, 3.8) is 0 Å². The summed E-state index contributed by atoms with van der Waals surface area (Å²) in [6, 6.07) is 6.92. The van der Waals surface area contributed by atoms with Gasteiger partial charge in [0.2, 0.25) is 5.13 Å². The third-order valence-electron chi connectivity index (χ3n) is 4.72. The van der Waals surface area contributed by atoms with Gasteiger partial charge in [-0.05, 0) is 24.6 Å². The van der Waals surface area contributed by atoms with E-state index in [2.05, 4.69) is 38.3 Å². The zero-order valence-electron chi connectivity index (χ0n) is 17.1. The van der Waals surface area contributed by atoms with Crippen molar-refractivity contribution < 1.29 is 8.42 Å². The van der Waals surface area contributed by atoms with E-state index in [1.807, 2.05) is 12.1 Å². The number of aromatic nitrogens is 2. The fourth-order valence-electron chi connectivity index (χ4n) is 3.06. The molecule has 1 aromatic carbocycles. The van der Waals surface area contributed by atoms with E-state index in [0.717, 1.165) is 61.6 Å². The Kier molecular flexibility index (Phi) is 7.07. The molecule has 0 radical (unpaired) electrons. The van der Waals surface area contributed by atoms with Gasteiger partial charge in [-0.2, -0.15) is 4.37 Å². The lowest BCUT2D eigenvalue weighted by molar-refractivity contribution is 0.372. The van der Waals surface area contributed by atoms with Crippen LogP contribution < -0.4 is 10.2 Å². The first kappa shape index (κ1) is 21.5. The molecule has 158 valence electrons. The number of hydrogen-bond donors (Lipinski definition) is 1. The predicted molar refractivity (Wildman–Crippen MR) is 117 cm³/mol. The van der Waals surface area contributed by atoms with E-state index in [1.165, 1.54) is 17.8 Å². The number of nitrogens with zero attached hydrogens (tertiary/aromatic N) is 5. The highest BCUT2D eigenvalue weighted by Crippen LogP contribution is 2.19. The highest BCUT2D eigenvalue weighted by molar-refractivity contribution is 7.90. The number of hydrogen-bond acceptors (Lipinski definition) is 7. The smallest absolute Gasteiger partial charge is 0.205 e. The number of piperazine rings is 1. The molecule has 0 atom stereocenters. The van der Waals surface area contributed by atoms with Crippen molar-refractivity contribution in [1.29, 1.82) is 0 Å². The molecule has 1 N–H and O–H groups in total. The molecule has 0 unspecified atom stereocenters. The quantitative estimate of drug-likeness (QED) is 0.545. The molecule has 8 nitrogen and oxygen atoms in total. The maximum Gasteiger partial charge on any atom is 0.205 e. The van der Waals surface area contributed by atoms with Gasteiger partial charge in [-0.25, -0.2) is 18.4 Å². The van der Waals surface area contributed by atoms with Crippen molar-refractivity contribution in [2.75, 3.05) is 43.9 Å². The monoisotopic (exact) mass is 436 g/mol. The second-order valence-corrected chi connectivity index (χ2v) is 9.65. The van der Waals surface area contributed by atoms with Gasteiger partial charge in [0.1, 0.15) is 5.82 Å². The van der Waals surface area contributed by atoms with E-state index >= 15 is 0 Å². The van der Waals surface area contributed by atoms with Gasteiger partial charge in [0.15, 0.2) is 15.8 Å². The van der Waals surface area contributed by atoms with Gasteiger partial charge in [0.25, 0.3) is 0 Å². The van der Waals surface area contributed by atoms with E-state index < -0.39 is 9.84 Å². The molecule has 1 aliphatic heterocycles. The zero-order chi connectivity index (χ0) is 20.9. The Bertz CT molecular complexity index is 932. The second kappa shape index (κ2) is 9.53. The summed E-state index contributed by atoms with van der Waals surface area (Å²) in [5.41, 5.74) is 0.979. The maximum absolute atomic E-state index is 11.6. The molecule has 2 aromatic rings. The zero-order valence-corrected chi connectivity index (χ0v) is 18.8. The molecule has 0 bridgehead atoms. The van der Waals surface area contributed by atoms with E-state index in [9.17, 15) is 8.42 Å². The molecule has 1 aliphatic rings. The lowest BCUT2D eigenvalue weighted by Gasteiger charge is -2.36. The van der Waals surface area contributed by atoms with Crippen LogP contribution in [-0.2, 0) is 22.8 Å². The van der Waals surface area contributed by atoms with Crippen LogP contribution in [0.5, 0.6) is 0 Å². The van der Waals surface area contributed by atoms with Crippen LogP contribution in [0.4, 0.5) is 5.13 Å². The van der Waals surface area contributed by atoms with Crippen LogP contribution in [0.2, 0.25) is 0 Å². The standard InChI is InChI=1S/C19H28N6O2S2/c1-4-17-22-19(28-23-17)25-12-10-24(11-13-25)18(20-5-2)21-14-15-6-8-16(9-7-15)29(3,26)27/h6-9H,4-5,10-14H2,1-3H3,(H,20,21). The van der Waals surface area contributed by atoms with Gasteiger partial charge in [-0.1, -0.05) is 19.1 Å². The van der Waals surface area contributed by atoms with Crippen LogP contribution in [0.15, 0.2) is 34.2 Å². The lowest BCUT2D eigenvalue weighted by atomic mass is 10.2. The Morgan fingerprint density at radius 3 is 2.41 bits per heavy atom. The first-order valence-corrected chi connectivity index (χ1v) is 12.5. The SMILES string of the molecule is CCNC(=NCc1ccc(S(C)(=O)=O)cc1)N1CCN(c2nc(CC)ns2)CC1. The van der Waals surface area contributed by atoms with Gasteiger partial charge >= 0.3 is 0 Å². The number of nitrogens with one attached hydrogen (secondary N) is 1. The fourth-order valence-corrected chi connectivity index (χ4v) is 4.49. The lowest BCUT2D eigenvalue weighted by Crippen LogP contribution is -2.52. The van der Waals surface area contributed by atoms with Crippen LogP contribution in [-0.4, -0.2) is 67.6 Å². The van der Waals surface area contributed by atoms with E-state index in [1.54, 1.807) is 12.1 Å². The maximum atomic E-state index is 11.6. The number of anilines is 1. The fraction of sp³-hybridized carbons (Fsp3) is 0.526. The molecule has 1 saturated heterocycles. The molecule has 10 heteroatoms. The minimum Gasteiger partial charge on any atom is -0.357 e. The molecule has 0 spiro atoms. The largest absolute Gasteiger partial charge is 0.357 e. The average Bonchev–Trinajstić information content (AvgIpc) is 3.20. The Hall–Kier alpha value is -2.20. The first-order chi connectivity index (χ1) is 13.9. The Labute approximate surface area is 176 Å². The van der Waals surface area contributed by atoms with Crippen LogP contribution >= 0.6 is 11.5 Å². The number of aryl methyl sites for hydroxylation is 1. The summed E-state index contributed by atoms with van der Waals surface area (Å²) in [5.74, 6) is 1.79. The molecule has 2 heterocycles. The summed E-state index contributed by atoms with van der Waals surface area (Å²) in [4.78, 5) is 14.2. The number of benzene rings is 1. The van der Waals surface area contributed by atoms with Gasteiger partial charge in [0.05, 0.1) is 11.4 Å². The van der Waals surface area contributed by atoms with Gasteiger partial charge in [-0.3, -0.25) is 0 Å². The van der Waals surface area contributed by atoms with Gasteiger partial charge < -0.3 is 15.1 Å². The number of rotatable bonds is 6. The van der Waals surface area contributed by atoms with E-state index in [4.69, 9.17) is 4.99 Å². The third-order valence-corrected chi connectivity index (χ3v) is 6.66. The Morgan fingerprint density at radius 1 is 1.17 bits per heavy atom. The van der Waals surface area contributed by atoms with Crippen molar-refractivity contribution in [2.24, 2.45) is 4.99 Å². The van der Waals surface area contributed by atoms with E-state index in [-0.39, 0.29) is 0 Å². The molecule has 0 saturated carbocycles. The molecule has 1 fully saturated rings. The molecule has 0 amide bonds. The summed E-state index contributed by atoms with van der Waals surface area (Å²) in [5, 5.41) is 4.36. The average molecular weight is 437 g/mol. The van der Waals surface area contributed by atoms with Gasteiger partial charge in [-0.15, -0.1) is 0 Å². The van der Waals surface area contributed by atoms with Crippen LogP contribution in [0.25, 0.3) is 0 Å². The minimum atomic E-state index is -3.17. The normalized spacial score (nSPS) is 15.6. The summed E-state index contributed by atoms with van der Waals surface area (Å²) < 4.78 is 27.6.